The number of nitro groups is 1. The Hall–Kier alpha value is -2.16. The Morgan fingerprint density at radius 1 is 1.19 bits per heavy atom. The lowest BCUT2D eigenvalue weighted by Crippen LogP contribution is -2.38. The summed E-state index contributed by atoms with van der Waals surface area (Å²) in [5.41, 5.74) is 3.60. The van der Waals surface area contributed by atoms with Crippen molar-refractivity contribution in [2.75, 3.05) is 13.6 Å². The van der Waals surface area contributed by atoms with Gasteiger partial charge >= 0.3 is 0 Å². The second-order valence-electron chi connectivity index (χ2n) is 6.05. The van der Waals surface area contributed by atoms with Crippen molar-refractivity contribution in [3.63, 3.8) is 0 Å². The normalized spacial score (nSPS) is 12.0. The first kappa shape index (κ1) is 21.9. The molecule has 0 aromatic heterocycles. The smallest absolute Gasteiger partial charge is 0.269 e. The Morgan fingerprint density at radius 3 is 2.46 bits per heavy atom. The van der Waals surface area contributed by atoms with Crippen molar-refractivity contribution in [2.45, 2.75) is 26.3 Å². The number of non-ortho nitro benzene ring substituents is 1. The van der Waals surface area contributed by atoms with Crippen LogP contribution in [0.4, 0.5) is 5.69 Å². The number of aryl methyl sites for hydroxylation is 1. The van der Waals surface area contributed by atoms with Gasteiger partial charge in [0.1, 0.15) is 0 Å². The van der Waals surface area contributed by atoms with Gasteiger partial charge < -0.3 is 10.6 Å². The molecule has 0 aliphatic carbocycles. The number of halogens is 1. The van der Waals surface area contributed by atoms with Crippen molar-refractivity contribution >= 4 is 35.6 Å². The van der Waals surface area contributed by atoms with Gasteiger partial charge in [-0.15, -0.1) is 24.0 Å². The summed E-state index contributed by atoms with van der Waals surface area (Å²) >= 11 is 0. The molecule has 0 heterocycles. The van der Waals surface area contributed by atoms with E-state index in [0.29, 0.717) is 18.4 Å². The van der Waals surface area contributed by atoms with Gasteiger partial charge in [0, 0.05) is 32.3 Å². The highest BCUT2D eigenvalue weighted by Gasteiger charge is 2.08. The molecule has 0 fully saturated rings. The van der Waals surface area contributed by atoms with Gasteiger partial charge in [-0.05, 0) is 24.0 Å². The van der Waals surface area contributed by atoms with Gasteiger partial charge in [0.2, 0.25) is 0 Å². The molecule has 0 radical (unpaired) electrons. The summed E-state index contributed by atoms with van der Waals surface area (Å²) in [6.45, 7) is 5.58. The Labute approximate surface area is 171 Å². The number of rotatable bonds is 6. The van der Waals surface area contributed by atoms with E-state index >= 15 is 0 Å². The van der Waals surface area contributed by atoms with E-state index in [-0.39, 0.29) is 29.7 Å². The van der Waals surface area contributed by atoms with Gasteiger partial charge in [-0.3, -0.25) is 15.1 Å². The monoisotopic (exact) mass is 468 g/mol. The van der Waals surface area contributed by atoms with Crippen LogP contribution in [-0.4, -0.2) is 24.5 Å². The third-order valence-corrected chi connectivity index (χ3v) is 4.02. The molecule has 0 aliphatic rings. The Morgan fingerprint density at radius 2 is 1.88 bits per heavy atom. The largest absolute Gasteiger partial charge is 0.356 e. The van der Waals surface area contributed by atoms with Crippen LogP contribution in [0.15, 0.2) is 53.5 Å². The van der Waals surface area contributed by atoms with Crippen LogP contribution in [0.5, 0.6) is 0 Å². The molecule has 0 bridgehead atoms. The Balaban J connectivity index is 0.00000338. The zero-order chi connectivity index (χ0) is 18.2. The van der Waals surface area contributed by atoms with Gasteiger partial charge in [0.15, 0.2) is 5.96 Å². The van der Waals surface area contributed by atoms with Gasteiger partial charge in [0.05, 0.1) is 4.92 Å². The number of benzene rings is 2. The number of hydrogen-bond acceptors (Lipinski definition) is 3. The van der Waals surface area contributed by atoms with Crippen LogP contribution in [0.2, 0.25) is 0 Å². The molecule has 2 aromatic rings. The van der Waals surface area contributed by atoms with Crippen molar-refractivity contribution < 1.29 is 4.92 Å². The van der Waals surface area contributed by atoms with Gasteiger partial charge in [-0.25, -0.2) is 0 Å². The molecule has 2 aromatic carbocycles. The van der Waals surface area contributed by atoms with E-state index in [9.17, 15) is 10.1 Å². The summed E-state index contributed by atoms with van der Waals surface area (Å²) in [4.78, 5) is 14.5. The lowest BCUT2D eigenvalue weighted by molar-refractivity contribution is -0.384. The highest BCUT2D eigenvalue weighted by atomic mass is 127. The van der Waals surface area contributed by atoms with E-state index in [0.717, 1.165) is 12.1 Å². The van der Waals surface area contributed by atoms with E-state index in [2.05, 4.69) is 53.7 Å². The molecule has 1 unspecified atom stereocenters. The van der Waals surface area contributed by atoms with E-state index < -0.39 is 4.92 Å². The molecule has 2 rings (SSSR count). The van der Waals surface area contributed by atoms with Crippen molar-refractivity contribution in [1.82, 2.24) is 10.6 Å². The molecule has 26 heavy (non-hydrogen) atoms. The third kappa shape index (κ3) is 6.62. The number of hydrogen-bond donors (Lipinski definition) is 2. The van der Waals surface area contributed by atoms with Crippen LogP contribution < -0.4 is 10.6 Å². The predicted molar refractivity (Wildman–Crippen MR) is 116 cm³/mol. The Bertz CT molecular complexity index is 747. The summed E-state index contributed by atoms with van der Waals surface area (Å²) in [5.74, 6) is 1.07. The zero-order valence-electron chi connectivity index (χ0n) is 15.2. The first-order valence-corrected chi connectivity index (χ1v) is 8.24. The second kappa shape index (κ2) is 10.7. The molecule has 0 spiro atoms. The third-order valence-electron chi connectivity index (χ3n) is 4.02. The molecular formula is C19H25IN4O2. The van der Waals surface area contributed by atoms with Crippen LogP contribution >= 0.6 is 24.0 Å². The minimum Gasteiger partial charge on any atom is -0.356 e. The van der Waals surface area contributed by atoms with Crippen LogP contribution in [0.25, 0.3) is 0 Å². The highest BCUT2D eigenvalue weighted by Crippen LogP contribution is 2.15. The Kier molecular flexibility index (Phi) is 9.04. The van der Waals surface area contributed by atoms with Crippen LogP contribution in [0, 0.1) is 17.0 Å². The van der Waals surface area contributed by atoms with E-state index in [4.69, 9.17) is 0 Å². The maximum Gasteiger partial charge on any atom is 0.269 e. The standard InChI is InChI=1S/C19H24N4O2.HI/c1-14-5-4-6-17(11-14)15(2)12-21-19(20-3)22-13-16-7-9-18(10-8-16)23(24)25;/h4-11,15H,12-13H2,1-3H3,(H2,20,21,22);1H. The molecule has 140 valence electrons. The lowest BCUT2D eigenvalue weighted by atomic mass is 9.99. The fraction of sp³-hybridized carbons (Fsp3) is 0.316. The molecule has 7 heteroatoms. The number of nitro benzene ring substituents is 1. The maximum absolute atomic E-state index is 10.7. The number of nitrogens with zero attached hydrogens (tertiary/aromatic N) is 2. The summed E-state index contributed by atoms with van der Waals surface area (Å²) in [7, 11) is 1.72. The van der Waals surface area contributed by atoms with Gasteiger partial charge in [-0.2, -0.15) is 0 Å². The quantitative estimate of drug-likeness (QED) is 0.221. The topological polar surface area (TPSA) is 79.6 Å². The van der Waals surface area contributed by atoms with Crippen molar-refractivity contribution in [2.24, 2.45) is 4.99 Å². The average Bonchev–Trinajstić information content (AvgIpc) is 2.62. The number of nitrogens with one attached hydrogen (secondary N) is 2. The molecular weight excluding hydrogens is 443 g/mol. The minimum absolute atomic E-state index is 0. The number of guanidine groups is 1. The van der Waals surface area contributed by atoms with Gasteiger partial charge in [0.25, 0.3) is 5.69 Å². The molecule has 0 saturated heterocycles. The first-order chi connectivity index (χ1) is 12.0. The highest BCUT2D eigenvalue weighted by molar-refractivity contribution is 14.0. The second-order valence-corrected chi connectivity index (χ2v) is 6.05. The lowest BCUT2D eigenvalue weighted by Gasteiger charge is -2.17. The fourth-order valence-corrected chi connectivity index (χ4v) is 2.49. The first-order valence-electron chi connectivity index (χ1n) is 8.24. The molecule has 2 N–H and O–H groups in total. The van der Waals surface area contributed by atoms with Crippen LogP contribution in [-0.2, 0) is 6.54 Å². The van der Waals surface area contributed by atoms with E-state index in [1.165, 1.54) is 23.3 Å². The SMILES string of the molecule is CN=C(NCc1ccc([N+](=O)[O-])cc1)NCC(C)c1cccc(C)c1.I. The predicted octanol–water partition coefficient (Wildman–Crippen LogP) is 3.99. The van der Waals surface area contributed by atoms with Gasteiger partial charge in [-0.1, -0.05) is 48.9 Å². The number of aliphatic imine (C=N–C) groups is 1. The van der Waals surface area contributed by atoms with E-state index in [1.54, 1.807) is 19.2 Å². The van der Waals surface area contributed by atoms with Crippen LogP contribution in [0.1, 0.15) is 29.5 Å². The van der Waals surface area contributed by atoms with Crippen molar-refractivity contribution in [3.8, 4) is 0 Å². The molecule has 0 amide bonds. The minimum atomic E-state index is -0.398. The van der Waals surface area contributed by atoms with Crippen molar-refractivity contribution in [1.29, 1.82) is 0 Å². The molecule has 0 aliphatic heterocycles. The molecule has 0 saturated carbocycles. The summed E-state index contributed by atoms with van der Waals surface area (Å²) in [5, 5.41) is 17.2. The fourth-order valence-electron chi connectivity index (χ4n) is 2.49. The van der Waals surface area contributed by atoms with Crippen molar-refractivity contribution in [3.05, 3.63) is 75.3 Å². The molecule has 1 atom stereocenters. The summed E-state index contributed by atoms with van der Waals surface area (Å²) < 4.78 is 0. The zero-order valence-corrected chi connectivity index (χ0v) is 17.6. The maximum atomic E-state index is 10.7. The van der Waals surface area contributed by atoms with E-state index in [1.807, 2.05) is 0 Å². The van der Waals surface area contributed by atoms with Crippen LogP contribution in [0.3, 0.4) is 0 Å². The average molecular weight is 468 g/mol. The molecule has 6 nitrogen and oxygen atoms in total. The summed E-state index contributed by atoms with van der Waals surface area (Å²) in [6.07, 6.45) is 0. The summed E-state index contributed by atoms with van der Waals surface area (Å²) in [6, 6.07) is 15.0.